The molecule has 0 spiro atoms. The fourth-order valence-electron chi connectivity index (χ4n) is 3.32. The van der Waals surface area contributed by atoms with Crippen molar-refractivity contribution in [2.75, 3.05) is 0 Å². The van der Waals surface area contributed by atoms with E-state index in [1.807, 2.05) is 12.1 Å². The summed E-state index contributed by atoms with van der Waals surface area (Å²) >= 11 is 0. The minimum absolute atomic E-state index is 0.0277. The Morgan fingerprint density at radius 2 is 2.05 bits per heavy atom. The second-order valence-electron chi connectivity index (χ2n) is 5.81. The van der Waals surface area contributed by atoms with Gasteiger partial charge in [-0.1, -0.05) is 6.07 Å². The Hall–Kier alpha value is -2.17. The van der Waals surface area contributed by atoms with Gasteiger partial charge in [0.1, 0.15) is 5.82 Å². The molecule has 4 rings (SSSR count). The molecule has 0 saturated carbocycles. The van der Waals surface area contributed by atoms with Crippen LogP contribution in [0.25, 0.3) is 0 Å². The van der Waals surface area contributed by atoms with Crippen molar-refractivity contribution >= 4 is 5.91 Å². The standard InChI is InChI=1S/C16H18N4O/c21-16(13-7-6-11-3-1-4-12(11)9-13)17-10-15-19-18-14-5-2-8-20(14)15/h6-7,9H,1-5,8,10H2,(H,17,21). The number of amides is 1. The molecule has 1 aliphatic carbocycles. The average Bonchev–Trinajstić information content (AvgIpc) is 3.20. The molecule has 1 N–H and O–H groups in total. The van der Waals surface area contributed by atoms with E-state index >= 15 is 0 Å². The van der Waals surface area contributed by atoms with Gasteiger partial charge in [0, 0.05) is 18.5 Å². The Morgan fingerprint density at radius 1 is 1.14 bits per heavy atom. The van der Waals surface area contributed by atoms with Gasteiger partial charge < -0.3 is 9.88 Å². The van der Waals surface area contributed by atoms with E-state index in [0.717, 1.165) is 49.4 Å². The molecule has 2 heterocycles. The summed E-state index contributed by atoms with van der Waals surface area (Å²) in [6.07, 6.45) is 5.55. The maximum absolute atomic E-state index is 12.3. The number of hydrogen-bond acceptors (Lipinski definition) is 3. The van der Waals surface area contributed by atoms with Gasteiger partial charge in [-0.3, -0.25) is 4.79 Å². The van der Waals surface area contributed by atoms with Crippen LogP contribution in [-0.2, 0) is 32.4 Å². The quantitative estimate of drug-likeness (QED) is 0.931. The SMILES string of the molecule is O=C(NCc1nnc2n1CCC2)c1ccc2c(c1)CCC2. The summed E-state index contributed by atoms with van der Waals surface area (Å²) in [5, 5.41) is 11.3. The Morgan fingerprint density at radius 3 is 3.00 bits per heavy atom. The highest BCUT2D eigenvalue weighted by molar-refractivity contribution is 5.94. The normalized spacial score (nSPS) is 15.8. The van der Waals surface area contributed by atoms with Crippen molar-refractivity contribution in [3.63, 3.8) is 0 Å². The zero-order valence-electron chi connectivity index (χ0n) is 11.9. The highest BCUT2D eigenvalue weighted by Crippen LogP contribution is 2.22. The monoisotopic (exact) mass is 282 g/mol. The van der Waals surface area contributed by atoms with Crippen LogP contribution < -0.4 is 5.32 Å². The van der Waals surface area contributed by atoms with Gasteiger partial charge in [-0.2, -0.15) is 0 Å². The largest absolute Gasteiger partial charge is 0.345 e. The Labute approximate surface area is 123 Å². The minimum atomic E-state index is -0.0277. The molecular weight excluding hydrogens is 264 g/mol. The lowest BCUT2D eigenvalue weighted by atomic mass is 10.1. The summed E-state index contributed by atoms with van der Waals surface area (Å²) in [4.78, 5) is 12.3. The van der Waals surface area contributed by atoms with Crippen LogP contribution >= 0.6 is 0 Å². The van der Waals surface area contributed by atoms with E-state index in [1.165, 1.54) is 17.5 Å². The molecule has 1 aliphatic heterocycles. The van der Waals surface area contributed by atoms with Crippen LogP contribution in [0.4, 0.5) is 0 Å². The number of carbonyl (C=O) groups excluding carboxylic acids is 1. The van der Waals surface area contributed by atoms with Gasteiger partial charge in [0.2, 0.25) is 0 Å². The van der Waals surface area contributed by atoms with Crippen molar-refractivity contribution in [3.8, 4) is 0 Å². The molecule has 2 aliphatic rings. The zero-order valence-corrected chi connectivity index (χ0v) is 11.9. The molecule has 0 unspecified atom stereocenters. The fraction of sp³-hybridized carbons (Fsp3) is 0.438. The predicted molar refractivity (Wildman–Crippen MR) is 78.0 cm³/mol. The minimum Gasteiger partial charge on any atom is -0.345 e. The van der Waals surface area contributed by atoms with Gasteiger partial charge in [-0.15, -0.1) is 10.2 Å². The number of benzene rings is 1. The Bertz CT molecular complexity index is 704. The van der Waals surface area contributed by atoms with E-state index in [4.69, 9.17) is 0 Å². The molecule has 1 aromatic heterocycles. The number of nitrogens with zero attached hydrogens (tertiary/aromatic N) is 3. The Kier molecular flexibility index (Phi) is 2.98. The second-order valence-corrected chi connectivity index (χ2v) is 5.81. The van der Waals surface area contributed by atoms with Crippen LogP contribution in [0.5, 0.6) is 0 Å². The summed E-state index contributed by atoms with van der Waals surface area (Å²) < 4.78 is 2.11. The molecule has 21 heavy (non-hydrogen) atoms. The number of aryl methyl sites for hydroxylation is 3. The van der Waals surface area contributed by atoms with E-state index in [9.17, 15) is 4.79 Å². The third kappa shape index (κ3) is 2.22. The number of fused-ring (bicyclic) bond motifs is 2. The topological polar surface area (TPSA) is 59.8 Å². The third-order valence-electron chi connectivity index (χ3n) is 4.45. The maximum atomic E-state index is 12.3. The van der Waals surface area contributed by atoms with Crippen molar-refractivity contribution < 1.29 is 4.79 Å². The molecule has 0 bridgehead atoms. The first-order chi connectivity index (χ1) is 10.3. The van der Waals surface area contributed by atoms with Gasteiger partial charge in [0.05, 0.1) is 6.54 Å². The zero-order chi connectivity index (χ0) is 14.2. The first-order valence-electron chi connectivity index (χ1n) is 7.62. The van der Waals surface area contributed by atoms with Crippen LogP contribution in [-0.4, -0.2) is 20.7 Å². The summed E-state index contributed by atoms with van der Waals surface area (Å²) in [6, 6.07) is 6.05. The van der Waals surface area contributed by atoms with E-state index < -0.39 is 0 Å². The molecule has 2 aromatic rings. The molecule has 0 atom stereocenters. The van der Waals surface area contributed by atoms with E-state index in [2.05, 4.69) is 26.1 Å². The number of nitrogens with one attached hydrogen (secondary N) is 1. The van der Waals surface area contributed by atoms with Gasteiger partial charge in [0.15, 0.2) is 5.82 Å². The summed E-state index contributed by atoms with van der Waals surface area (Å²) in [5.74, 6) is 1.87. The molecule has 0 saturated heterocycles. The summed E-state index contributed by atoms with van der Waals surface area (Å²) in [7, 11) is 0. The molecule has 108 valence electrons. The molecular formula is C16H18N4O. The third-order valence-corrected chi connectivity index (χ3v) is 4.45. The molecule has 5 heteroatoms. The first-order valence-corrected chi connectivity index (χ1v) is 7.62. The number of hydrogen-bond donors (Lipinski definition) is 1. The molecule has 0 fully saturated rings. The number of aromatic nitrogens is 3. The highest BCUT2D eigenvalue weighted by Gasteiger charge is 2.18. The van der Waals surface area contributed by atoms with Gasteiger partial charge >= 0.3 is 0 Å². The van der Waals surface area contributed by atoms with Crippen LogP contribution in [0.2, 0.25) is 0 Å². The molecule has 1 aromatic carbocycles. The molecule has 0 radical (unpaired) electrons. The predicted octanol–water partition coefficient (Wildman–Crippen LogP) is 1.64. The van der Waals surface area contributed by atoms with Crippen molar-refractivity contribution in [1.29, 1.82) is 0 Å². The van der Waals surface area contributed by atoms with E-state index in [0.29, 0.717) is 6.54 Å². The van der Waals surface area contributed by atoms with Crippen molar-refractivity contribution in [1.82, 2.24) is 20.1 Å². The fourth-order valence-corrected chi connectivity index (χ4v) is 3.32. The smallest absolute Gasteiger partial charge is 0.251 e. The first kappa shape index (κ1) is 12.6. The van der Waals surface area contributed by atoms with Crippen molar-refractivity contribution in [2.24, 2.45) is 0 Å². The Balaban J connectivity index is 1.46. The molecule has 5 nitrogen and oxygen atoms in total. The van der Waals surface area contributed by atoms with Gasteiger partial charge in [-0.05, 0) is 48.9 Å². The van der Waals surface area contributed by atoms with Crippen molar-refractivity contribution in [2.45, 2.75) is 45.2 Å². The molecule has 1 amide bonds. The van der Waals surface area contributed by atoms with E-state index in [-0.39, 0.29) is 5.91 Å². The lowest BCUT2D eigenvalue weighted by Gasteiger charge is -2.07. The van der Waals surface area contributed by atoms with Crippen LogP contribution in [0.15, 0.2) is 18.2 Å². The van der Waals surface area contributed by atoms with Gasteiger partial charge in [0.25, 0.3) is 5.91 Å². The van der Waals surface area contributed by atoms with Crippen LogP contribution in [0.3, 0.4) is 0 Å². The lowest BCUT2D eigenvalue weighted by molar-refractivity contribution is 0.0949. The number of rotatable bonds is 3. The van der Waals surface area contributed by atoms with Gasteiger partial charge in [-0.25, -0.2) is 0 Å². The van der Waals surface area contributed by atoms with E-state index in [1.54, 1.807) is 0 Å². The lowest BCUT2D eigenvalue weighted by Crippen LogP contribution is -2.24. The van der Waals surface area contributed by atoms with Crippen molar-refractivity contribution in [3.05, 3.63) is 46.5 Å². The van der Waals surface area contributed by atoms with Crippen LogP contribution in [0.1, 0.15) is 46.0 Å². The second kappa shape index (κ2) is 4.98. The average molecular weight is 282 g/mol. The summed E-state index contributed by atoms with van der Waals surface area (Å²) in [6.45, 7) is 1.41. The number of carbonyl (C=O) groups is 1. The summed E-state index contributed by atoms with van der Waals surface area (Å²) in [5.41, 5.74) is 3.46. The maximum Gasteiger partial charge on any atom is 0.251 e. The van der Waals surface area contributed by atoms with Crippen LogP contribution in [0, 0.1) is 0 Å². The highest BCUT2D eigenvalue weighted by atomic mass is 16.1.